The highest BCUT2D eigenvalue weighted by molar-refractivity contribution is 5.94. The normalized spacial score (nSPS) is 15.0. The summed E-state index contributed by atoms with van der Waals surface area (Å²) in [6, 6.07) is 8.91. The van der Waals surface area contributed by atoms with Gasteiger partial charge in [0.25, 0.3) is 5.91 Å². The lowest BCUT2D eigenvalue weighted by molar-refractivity contribution is -0.130. The lowest BCUT2D eigenvalue weighted by atomic mass is 10.1. The number of rotatable bonds is 6. The van der Waals surface area contributed by atoms with E-state index in [1.807, 2.05) is 25.8 Å². The van der Waals surface area contributed by atoms with Crippen molar-refractivity contribution in [1.29, 1.82) is 5.26 Å². The number of carbonyl (C=O) groups excluding carboxylic acids is 2. The molecule has 26 heavy (non-hydrogen) atoms. The van der Waals surface area contributed by atoms with Gasteiger partial charge in [-0.2, -0.15) is 5.26 Å². The van der Waals surface area contributed by atoms with Gasteiger partial charge in [0.2, 0.25) is 5.91 Å². The second-order valence-corrected chi connectivity index (χ2v) is 7.24. The molecule has 0 saturated carbocycles. The third-order valence-corrected chi connectivity index (χ3v) is 4.66. The van der Waals surface area contributed by atoms with Gasteiger partial charge in [-0.05, 0) is 24.1 Å². The predicted molar refractivity (Wildman–Crippen MR) is 101 cm³/mol. The third-order valence-electron chi connectivity index (χ3n) is 4.66. The number of nitriles is 1. The molecule has 1 fully saturated rings. The molecule has 0 aliphatic carbocycles. The first-order valence-corrected chi connectivity index (χ1v) is 9.16. The molecular weight excluding hydrogens is 328 g/mol. The van der Waals surface area contributed by atoms with E-state index in [4.69, 9.17) is 5.26 Å². The average Bonchev–Trinajstić information content (AvgIpc) is 2.65. The summed E-state index contributed by atoms with van der Waals surface area (Å²) in [6.07, 6.45) is 0.584. The van der Waals surface area contributed by atoms with Crippen LogP contribution in [0.5, 0.6) is 0 Å². The van der Waals surface area contributed by atoms with Gasteiger partial charge in [0.05, 0.1) is 11.6 Å². The van der Waals surface area contributed by atoms with E-state index in [9.17, 15) is 9.59 Å². The van der Waals surface area contributed by atoms with Gasteiger partial charge in [-0.15, -0.1) is 0 Å². The minimum absolute atomic E-state index is 0.0222. The molecular formula is C20H28N4O2. The van der Waals surface area contributed by atoms with E-state index < -0.39 is 0 Å². The van der Waals surface area contributed by atoms with Crippen molar-refractivity contribution in [2.75, 3.05) is 46.3 Å². The van der Waals surface area contributed by atoms with Gasteiger partial charge in [-0.3, -0.25) is 14.5 Å². The second-order valence-electron chi connectivity index (χ2n) is 7.24. The standard InChI is InChI=1S/C20H28N4O2/c1-16(2)13-19(25)22(3)7-8-23-9-11-24(12-10-23)20(26)18-6-4-5-17(14-18)15-21/h4-6,14,16H,7-13H2,1-3H3. The van der Waals surface area contributed by atoms with Crippen LogP contribution in [0.3, 0.4) is 0 Å². The molecule has 0 atom stereocenters. The zero-order chi connectivity index (χ0) is 19.1. The van der Waals surface area contributed by atoms with Gasteiger partial charge in [-0.25, -0.2) is 0 Å². The Balaban J connectivity index is 1.79. The molecule has 1 aromatic carbocycles. The Labute approximate surface area is 156 Å². The Bertz CT molecular complexity index is 673. The summed E-state index contributed by atoms with van der Waals surface area (Å²) in [5.74, 6) is 0.538. The highest BCUT2D eigenvalue weighted by atomic mass is 16.2. The van der Waals surface area contributed by atoms with E-state index in [-0.39, 0.29) is 11.8 Å². The summed E-state index contributed by atoms with van der Waals surface area (Å²) in [4.78, 5) is 30.5. The van der Waals surface area contributed by atoms with Gasteiger partial charge in [-0.1, -0.05) is 19.9 Å². The van der Waals surface area contributed by atoms with Crippen LogP contribution < -0.4 is 0 Å². The number of likely N-dealkylation sites (N-methyl/N-ethyl adjacent to an activating group) is 1. The van der Waals surface area contributed by atoms with Crippen molar-refractivity contribution in [2.24, 2.45) is 5.92 Å². The molecule has 140 valence electrons. The van der Waals surface area contributed by atoms with Crippen LogP contribution in [0, 0.1) is 17.2 Å². The monoisotopic (exact) mass is 356 g/mol. The molecule has 0 unspecified atom stereocenters. The Morgan fingerprint density at radius 3 is 2.54 bits per heavy atom. The number of amides is 2. The molecule has 1 aliphatic heterocycles. The number of carbonyl (C=O) groups is 2. The van der Waals surface area contributed by atoms with Crippen LogP contribution in [0.1, 0.15) is 36.2 Å². The SMILES string of the molecule is CC(C)CC(=O)N(C)CCN1CCN(C(=O)c2cccc(C#N)c2)CC1. The largest absolute Gasteiger partial charge is 0.344 e. The van der Waals surface area contributed by atoms with Gasteiger partial charge in [0.1, 0.15) is 0 Å². The molecule has 2 amide bonds. The smallest absolute Gasteiger partial charge is 0.253 e. The first kappa shape index (κ1) is 19.9. The van der Waals surface area contributed by atoms with Crippen molar-refractivity contribution < 1.29 is 9.59 Å². The predicted octanol–water partition coefficient (Wildman–Crippen LogP) is 1.82. The van der Waals surface area contributed by atoms with E-state index >= 15 is 0 Å². The molecule has 0 radical (unpaired) electrons. The van der Waals surface area contributed by atoms with Gasteiger partial charge in [0.15, 0.2) is 0 Å². The van der Waals surface area contributed by atoms with Gasteiger partial charge in [0, 0.05) is 58.3 Å². The Kier molecular flexibility index (Phi) is 7.16. The van der Waals surface area contributed by atoms with Gasteiger partial charge < -0.3 is 9.80 Å². The van der Waals surface area contributed by atoms with Crippen LogP contribution >= 0.6 is 0 Å². The van der Waals surface area contributed by atoms with Crippen LogP contribution in [0.4, 0.5) is 0 Å². The minimum atomic E-state index is -0.0222. The zero-order valence-electron chi connectivity index (χ0n) is 15.9. The number of hydrogen-bond acceptors (Lipinski definition) is 4. The highest BCUT2D eigenvalue weighted by Gasteiger charge is 2.22. The topological polar surface area (TPSA) is 67.7 Å². The molecule has 1 aromatic rings. The molecule has 0 N–H and O–H groups in total. The molecule has 6 heteroatoms. The summed E-state index contributed by atoms with van der Waals surface area (Å²) in [6.45, 7) is 8.57. The highest BCUT2D eigenvalue weighted by Crippen LogP contribution is 2.11. The van der Waals surface area contributed by atoms with E-state index in [1.54, 1.807) is 29.2 Å². The quantitative estimate of drug-likeness (QED) is 0.780. The molecule has 1 heterocycles. The molecule has 0 spiro atoms. The van der Waals surface area contributed by atoms with Crippen molar-refractivity contribution in [2.45, 2.75) is 20.3 Å². The molecule has 1 aliphatic rings. The van der Waals surface area contributed by atoms with Crippen molar-refractivity contribution >= 4 is 11.8 Å². The fraction of sp³-hybridized carbons (Fsp3) is 0.550. The Morgan fingerprint density at radius 1 is 1.23 bits per heavy atom. The van der Waals surface area contributed by atoms with Crippen molar-refractivity contribution in [3.63, 3.8) is 0 Å². The number of hydrogen-bond donors (Lipinski definition) is 0. The number of piperazine rings is 1. The lowest BCUT2D eigenvalue weighted by Crippen LogP contribution is -2.50. The summed E-state index contributed by atoms with van der Waals surface area (Å²) >= 11 is 0. The van der Waals surface area contributed by atoms with Crippen LogP contribution in [-0.2, 0) is 4.79 Å². The second kappa shape index (κ2) is 9.35. The summed E-state index contributed by atoms with van der Waals surface area (Å²) in [5.41, 5.74) is 1.07. The van der Waals surface area contributed by atoms with Crippen molar-refractivity contribution in [3.05, 3.63) is 35.4 Å². The van der Waals surface area contributed by atoms with Crippen LogP contribution in [0.2, 0.25) is 0 Å². The zero-order valence-corrected chi connectivity index (χ0v) is 15.9. The Hall–Kier alpha value is -2.39. The minimum Gasteiger partial charge on any atom is -0.344 e. The fourth-order valence-electron chi connectivity index (χ4n) is 3.00. The summed E-state index contributed by atoms with van der Waals surface area (Å²) in [7, 11) is 1.85. The number of benzene rings is 1. The van der Waals surface area contributed by atoms with Crippen LogP contribution in [0.25, 0.3) is 0 Å². The first-order valence-electron chi connectivity index (χ1n) is 9.16. The lowest BCUT2D eigenvalue weighted by Gasteiger charge is -2.35. The average molecular weight is 356 g/mol. The van der Waals surface area contributed by atoms with E-state index in [0.29, 0.717) is 43.1 Å². The molecule has 1 saturated heterocycles. The molecule has 0 aromatic heterocycles. The fourth-order valence-corrected chi connectivity index (χ4v) is 3.00. The third kappa shape index (κ3) is 5.57. The van der Waals surface area contributed by atoms with Gasteiger partial charge >= 0.3 is 0 Å². The van der Waals surface area contributed by atoms with E-state index in [2.05, 4.69) is 11.0 Å². The maximum Gasteiger partial charge on any atom is 0.253 e. The van der Waals surface area contributed by atoms with Crippen molar-refractivity contribution in [1.82, 2.24) is 14.7 Å². The maximum atomic E-state index is 12.6. The molecule has 2 rings (SSSR count). The van der Waals surface area contributed by atoms with Crippen LogP contribution in [0.15, 0.2) is 24.3 Å². The van der Waals surface area contributed by atoms with E-state index in [0.717, 1.165) is 19.6 Å². The molecule has 0 bridgehead atoms. The van der Waals surface area contributed by atoms with Crippen molar-refractivity contribution in [3.8, 4) is 6.07 Å². The summed E-state index contributed by atoms with van der Waals surface area (Å²) < 4.78 is 0. The molecule has 6 nitrogen and oxygen atoms in total. The Morgan fingerprint density at radius 2 is 1.92 bits per heavy atom. The first-order chi connectivity index (χ1) is 12.4. The van der Waals surface area contributed by atoms with Crippen LogP contribution in [-0.4, -0.2) is 72.8 Å². The summed E-state index contributed by atoms with van der Waals surface area (Å²) in [5, 5.41) is 8.97. The maximum absolute atomic E-state index is 12.6. The number of nitrogens with zero attached hydrogens (tertiary/aromatic N) is 4. The van der Waals surface area contributed by atoms with E-state index in [1.165, 1.54) is 0 Å².